The third kappa shape index (κ3) is 4.87. The Bertz CT molecular complexity index is 1260. The number of aryl methyl sites for hydroxylation is 2. The number of carbonyl (C=O) groups excluding carboxylic acids is 1. The fourth-order valence-corrected chi connectivity index (χ4v) is 3.53. The maximum Gasteiger partial charge on any atom is 0.260 e. The molecular weight excluding hydrogens is 425 g/mol. The van der Waals surface area contributed by atoms with Gasteiger partial charge in [0.25, 0.3) is 5.91 Å². The molecule has 2 aromatic heterocycles. The van der Waals surface area contributed by atoms with Gasteiger partial charge in [-0.2, -0.15) is 10.2 Å². The van der Waals surface area contributed by atoms with Crippen LogP contribution in [0.1, 0.15) is 27.3 Å². The minimum Gasteiger partial charge on any atom is -0.497 e. The van der Waals surface area contributed by atoms with Crippen LogP contribution in [0.2, 0.25) is 0 Å². The van der Waals surface area contributed by atoms with E-state index in [0.29, 0.717) is 23.5 Å². The molecule has 4 aromatic rings. The molecule has 2 aromatic carbocycles. The third-order valence-electron chi connectivity index (χ3n) is 5.30. The number of rotatable bonds is 8. The van der Waals surface area contributed by atoms with Crippen LogP contribution in [0, 0.1) is 12.7 Å². The van der Waals surface area contributed by atoms with Gasteiger partial charge in [0.1, 0.15) is 23.0 Å². The molecular formula is C24H24FN5O3. The van der Waals surface area contributed by atoms with Gasteiger partial charge in [-0.25, -0.2) is 9.07 Å². The van der Waals surface area contributed by atoms with Crippen molar-refractivity contribution < 1.29 is 18.7 Å². The van der Waals surface area contributed by atoms with E-state index in [1.807, 2.05) is 18.2 Å². The number of hydrogen-bond donors (Lipinski definition) is 2. The molecule has 33 heavy (non-hydrogen) atoms. The Labute approximate surface area is 190 Å². The van der Waals surface area contributed by atoms with Crippen LogP contribution in [-0.2, 0) is 12.8 Å². The highest BCUT2D eigenvalue weighted by Crippen LogP contribution is 2.24. The van der Waals surface area contributed by atoms with Crippen molar-refractivity contribution in [2.24, 2.45) is 0 Å². The molecule has 0 atom stereocenters. The lowest BCUT2D eigenvalue weighted by atomic mass is 10.1. The number of aromatic nitrogens is 4. The molecule has 0 spiro atoms. The average Bonchev–Trinajstić information content (AvgIpc) is 3.43. The van der Waals surface area contributed by atoms with Crippen LogP contribution >= 0.6 is 0 Å². The smallest absolute Gasteiger partial charge is 0.260 e. The van der Waals surface area contributed by atoms with Gasteiger partial charge in [0.2, 0.25) is 0 Å². The third-order valence-corrected chi connectivity index (χ3v) is 5.30. The van der Waals surface area contributed by atoms with E-state index in [-0.39, 0.29) is 11.6 Å². The van der Waals surface area contributed by atoms with E-state index in [4.69, 9.17) is 9.47 Å². The first-order valence-corrected chi connectivity index (χ1v) is 10.4. The number of nitrogens with zero attached hydrogens (tertiary/aromatic N) is 3. The molecule has 0 radical (unpaired) electrons. The molecule has 0 aliphatic heterocycles. The molecule has 8 nitrogen and oxygen atoms in total. The number of anilines is 1. The molecule has 0 aliphatic carbocycles. The average molecular weight is 449 g/mol. The van der Waals surface area contributed by atoms with Crippen molar-refractivity contribution in [2.75, 3.05) is 19.5 Å². The highest BCUT2D eigenvalue weighted by atomic mass is 19.1. The molecule has 0 saturated heterocycles. The minimum atomic E-state index is -0.416. The summed E-state index contributed by atoms with van der Waals surface area (Å²) < 4.78 is 26.1. The number of para-hydroxylation sites is 1. The highest BCUT2D eigenvalue weighted by molar-refractivity contribution is 6.04. The van der Waals surface area contributed by atoms with Crippen LogP contribution in [-0.4, -0.2) is 40.1 Å². The van der Waals surface area contributed by atoms with E-state index in [1.54, 1.807) is 45.4 Å². The second-order valence-electron chi connectivity index (χ2n) is 7.46. The summed E-state index contributed by atoms with van der Waals surface area (Å²) in [6, 6.07) is 13.8. The van der Waals surface area contributed by atoms with E-state index in [9.17, 15) is 9.18 Å². The summed E-state index contributed by atoms with van der Waals surface area (Å²) in [6.45, 7) is 1.72. The van der Waals surface area contributed by atoms with Gasteiger partial charge in [-0.3, -0.25) is 9.89 Å². The predicted molar refractivity (Wildman–Crippen MR) is 122 cm³/mol. The van der Waals surface area contributed by atoms with Crippen LogP contribution in [0.25, 0.3) is 5.69 Å². The maximum absolute atomic E-state index is 14.1. The number of aromatic amines is 1. The fourth-order valence-electron chi connectivity index (χ4n) is 3.53. The topological polar surface area (TPSA) is 94.1 Å². The number of H-pyrrole nitrogens is 1. The Morgan fingerprint density at radius 3 is 2.52 bits per heavy atom. The Balaban J connectivity index is 1.42. The normalized spacial score (nSPS) is 10.8. The number of hydrogen-bond acceptors (Lipinski definition) is 5. The summed E-state index contributed by atoms with van der Waals surface area (Å²) in [5.41, 5.74) is 3.07. The van der Waals surface area contributed by atoms with Gasteiger partial charge in [-0.15, -0.1) is 0 Å². The molecule has 2 heterocycles. The van der Waals surface area contributed by atoms with Crippen molar-refractivity contribution in [2.45, 2.75) is 19.8 Å². The first kappa shape index (κ1) is 22.1. The van der Waals surface area contributed by atoms with Crippen LogP contribution in [0.5, 0.6) is 11.5 Å². The second-order valence-corrected chi connectivity index (χ2v) is 7.46. The van der Waals surface area contributed by atoms with Crippen molar-refractivity contribution in [1.29, 1.82) is 0 Å². The van der Waals surface area contributed by atoms with E-state index >= 15 is 0 Å². The Morgan fingerprint density at radius 2 is 1.82 bits per heavy atom. The van der Waals surface area contributed by atoms with Crippen LogP contribution < -0.4 is 14.8 Å². The number of nitrogens with one attached hydrogen (secondary N) is 2. The van der Waals surface area contributed by atoms with Gasteiger partial charge in [0, 0.05) is 17.8 Å². The van der Waals surface area contributed by atoms with Gasteiger partial charge in [0.15, 0.2) is 5.82 Å². The summed E-state index contributed by atoms with van der Waals surface area (Å²) in [5, 5.41) is 14.1. The van der Waals surface area contributed by atoms with Gasteiger partial charge in [-0.05, 0) is 49.6 Å². The first-order valence-electron chi connectivity index (χ1n) is 10.4. The van der Waals surface area contributed by atoms with Crippen molar-refractivity contribution in [3.05, 3.63) is 83.1 Å². The van der Waals surface area contributed by atoms with Crippen molar-refractivity contribution in [3.63, 3.8) is 0 Å². The van der Waals surface area contributed by atoms with Crippen LogP contribution in [0.4, 0.5) is 10.2 Å². The van der Waals surface area contributed by atoms with Crippen molar-refractivity contribution >= 4 is 11.7 Å². The number of amides is 1. The van der Waals surface area contributed by atoms with E-state index in [1.165, 1.54) is 16.9 Å². The van der Waals surface area contributed by atoms with Gasteiger partial charge < -0.3 is 14.8 Å². The summed E-state index contributed by atoms with van der Waals surface area (Å²) in [5.74, 6) is 1.07. The summed E-state index contributed by atoms with van der Waals surface area (Å²) in [6.07, 6.45) is 2.84. The monoisotopic (exact) mass is 449 g/mol. The van der Waals surface area contributed by atoms with E-state index in [2.05, 4.69) is 20.6 Å². The summed E-state index contributed by atoms with van der Waals surface area (Å²) in [7, 11) is 3.23. The van der Waals surface area contributed by atoms with Crippen molar-refractivity contribution in [3.8, 4) is 17.2 Å². The highest BCUT2D eigenvalue weighted by Gasteiger charge is 2.18. The molecule has 0 fully saturated rings. The SMILES string of the molecule is COc1cc(CCc2cc(NC(=O)c3cnn(-c4ccccc4F)c3C)n[nH]2)cc(OC)c1. The lowest BCUT2D eigenvalue weighted by molar-refractivity contribution is 0.102. The minimum absolute atomic E-state index is 0.283. The molecule has 9 heteroatoms. The Hall–Kier alpha value is -4.14. The largest absolute Gasteiger partial charge is 0.497 e. The molecule has 2 N–H and O–H groups in total. The number of ether oxygens (including phenoxy) is 2. The number of halogens is 1. The maximum atomic E-state index is 14.1. The number of benzene rings is 2. The van der Waals surface area contributed by atoms with Crippen molar-refractivity contribution in [1.82, 2.24) is 20.0 Å². The van der Waals surface area contributed by atoms with E-state index < -0.39 is 5.82 Å². The van der Waals surface area contributed by atoms with E-state index in [0.717, 1.165) is 29.2 Å². The summed E-state index contributed by atoms with van der Waals surface area (Å²) >= 11 is 0. The van der Waals surface area contributed by atoms with Gasteiger partial charge >= 0.3 is 0 Å². The molecule has 1 amide bonds. The van der Waals surface area contributed by atoms with Gasteiger partial charge in [0.05, 0.1) is 31.7 Å². The van der Waals surface area contributed by atoms with Gasteiger partial charge in [-0.1, -0.05) is 12.1 Å². The Kier molecular flexibility index (Phi) is 6.39. The predicted octanol–water partition coefficient (Wildman–Crippen LogP) is 4.10. The lowest BCUT2D eigenvalue weighted by Crippen LogP contribution is -2.13. The zero-order valence-electron chi connectivity index (χ0n) is 18.6. The summed E-state index contributed by atoms with van der Waals surface area (Å²) in [4.78, 5) is 12.8. The number of methoxy groups -OCH3 is 2. The molecule has 4 rings (SSSR count). The lowest BCUT2D eigenvalue weighted by Gasteiger charge is -2.08. The van der Waals surface area contributed by atoms with Crippen LogP contribution in [0.15, 0.2) is 54.7 Å². The molecule has 0 aliphatic rings. The second kappa shape index (κ2) is 9.56. The quantitative estimate of drug-likeness (QED) is 0.422. The molecule has 0 unspecified atom stereocenters. The number of carbonyl (C=O) groups is 1. The zero-order valence-corrected chi connectivity index (χ0v) is 18.6. The molecule has 170 valence electrons. The zero-order chi connectivity index (χ0) is 23.4. The molecule has 0 saturated carbocycles. The first-order chi connectivity index (χ1) is 16.0. The van der Waals surface area contributed by atoms with Crippen LogP contribution in [0.3, 0.4) is 0 Å². The Morgan fingerprint density at radius 1 is 1.09 bits per heavy atom. The fraction of sp³-hybridized carbons (Fsp3) is 0.208. The molecule has 0 bridgehead atoms. The standard InChI is InChI=1S/C24H24FN5O3/c1-15-20(14-26-30(15)22-7-5-4-6-21(22)25)24(31)27-23-12-17(28-29-23)9-8-16-10-18(32-2)13-19(11-16)33-3/h4-7,10-14H,8-9H2,1-3H3,(H2,27,28,29,31).